The molecule has 0 spiro atoms. The maximum atomic E-state index is 13.2. The number of carbonyl (C=O) groups is 1. The molecular weight excluding hydrogens is 363 g/mol. The van der Waals surface area contributed by atoms with Gasteiger partial charge in [0.05, 0.1) is 14.2 Å². The molecule has 0 unspecified atom stereocenters. The summed E-state index contributed by atoms with van der Waals surface area (Å²) in [5.41, 5.74) is 2.39. The average Bonchev–Trinajstić information content (AvgIpc) is 3.09. The lowest BCUT2D eigenvalue weighted by Crippen LogP contribution is -2.23. The number of halogens is 1. The van der Waals surface area contributed by atoms with Crippen LogP contribution in [0, 0.1) is 5.82 Å². The van der Waals surface area contributed by atoms with Crippen LogP contribution in [-0.2, 0) is 11.2 Å². The van der Waals surface area contributed by atoms with Gasteiger partial charge in [-0.15, -0.1) is 0 Å². The van der Waals surface area contributed by atoms with Crippen molar-refractivity contribution in [3.63, 3.8) is 0 Å². The van der Waals surface area contributed by atoms with Crippen molar-refractivity contribution in [1.82, 2.24) is 10.3 Å². The zero-order valence-electron chi connectivity index (χ0n) is 15.6. The number of hydrogen-bond acceptors (Lipinski definition) is 4. The van der Waals surface area contributed by atoms with Gasteiger partial charge >= 0.3 is 0 Å². The second kappa shape index (κ2) is 8.47. The zero-order chi connectivity index (χ0) is 20.1. The number of aromatic hydroxyl groups is 1. The summed E-state index contributed by atoms with van der Waals surface area (Å²) < 4.78 is 23.4. The quantitative estimate of drug-likeness (QED) is 0.545. The van der Waals surface area contributed by atoms with Crippen LogP contribution in [0.2, 0.25) is 0 Å². The summed E-state index contributed by atoms with van der Waals surface area (Å²) in [6.45, 7) is 0.440. The topological polar surface area (TPSA) is 83.6 Å². The Labute approximate surface area is 161 Å². The van der Waals surface area contributed by atoms with Crippen LogP contribution in [0.3, 0.4) is 0 Å². The first-order valence-corrected chi connectivity index (χ1v) is 8.68. The number of fused-ring (bicyclic) bond motifs is 1. The Morgan fingerprint density at radius 2 is 1.93 bits per heavy atom. The van der Waals surface area contributed by atoms with Crippen molar-refractivity contribution in [1.29, 1.82) is 0 Å². The lowest BCUT2D eigenvalue weighted by molar-refractivity contribution is -0.116. The maximum absolute atomic E-state index is 13.2. The van der Waals surface area contributed by atoms with E-state index < -0.39 is 0 Å². The van der Waals surface area contributed by atoms with E-state index in [-0.39, 0.29) is 29.0 Å². The molecule has 3 N–H and O–H groups in total. The Hall–Kier alpha value is -3.48. The molecule has 0 aliphatic heterocycles. The monoisotopic (exact) mass is 384 g/mol. The first kappa shape index (κ1) is 19.3. The third kappa shape index (κ3) is 4.25. The van der Waals surface area contributed by atoms with Crippen molar-refractivity contribution in [3.05, 3.63) is 59.5 Å². The summed E-state index contributed by atoms with van der Waals surface area (Å²) in [5, 5.41) is 13.7. The van der Waals surface area contributed by atoms with E-state index in [1.807, 2.05) is 6.20 Å². The number of phenolic OH excluding ortho intramolecular Hbond substituents is 1. The van der Waals surface area contributed by atoms with Crippen molar-refractivity contribution in [2.24, 2.45) is 0 Å². The van der Waals surface area contributed by atoms with Crippen LogP contribution in [-0.4, -0.2) is 36.8 Å². The lowest BCUT2D eigenvalue weighted by Gasteiger charge is -2.09. The van der Waals surface area contributed by atoms with Crippen LogP contribution >= 0.6 is 0 Å². The summed E-state index contributed by atoms with van der Waals surface area (Å²) in [4.78, 5) is 15.1. The van der Waals surface area contributed by atoms with Crippen LogP contribution < -0.4 is 14.8 Å². The fourth-order valence-corrected chi connectivity index (χ4v) is 2.93. The Balaban J connectivity index is 1.59. The van der Waals surface area contributed by atoms with E-state index in [0.29, 0.717) is 18.5 Å². The number of carbonyl (C=O) groups excluding carboxylic acids is 1. The third-order valence-electron chi connectivity index (χ3n) is 4.35. The standard InChI is InChI=1S/C21H21FN2O4/c1-27-18-9-13(10-19(28-2)21(18)26)3-6-20(25)23-8-7-14-12-24-17-11-15(22)4-5-16(14)17/h3-6,9-12,24,26H,7-8H2,1-2H3,(H,23,25)/b6-3+. The maximum Gasteiger partial charge on any atom is 0.244 e. The Kier molecular flexibility index (Phi) is 5.84. The van der Waals surface area contributed by atoms with Crippen LogP contribution in [0.15, 0.2) is 42.6 Å². The summed E-state index contributed by atoms with van der Waals surface area (Å²) in [6, 6.07) is 7.80. The molecule has 0 aliphatic carbocycles. The average molecular weight is 384 g/mol. The molecule has 0 aliphatic rings. The number of aromatic nitrogens is 1. The minimum atomic E-state index is -0.290. The van der Waals surface area contributed by atoms with Gasteiger partial charge in [0.25, 0.3) is 0 Å². The van der Waals surface area contributed by atoms with E-state index in [2.05, 4.69) is 10.3 Å². The highest BCUT2D eigenvalue weighted by atomic mass is 19.1. The third-order valence-corrected chi connectivity index (χ3v) is 4.35. The van der Waals surface area contributed by atoms with Gasteiger partial charge in [-0.2, -0.15) is 0 Å². The SMILES string of the molecule is COc1cc(/C=C/C(=O)NCCc2c[nH]c3cc(F)ccc23)cc(OC)c1O. The van der Waals surface area contributed by atoms with Gasteiger partial charge in [0, 0.05) is 29.7 Å². The van der Waals surface area contributed by atoms with Crippen molar-refractivity contribution < 1.29 is 23.8 Å². The molecular formula is C21H21FN2O4. The van der Waals surface area contributed by atoms with Crippen LogP contribution in [0.5, 0.6) is 17.2 Å². The predicted octanol–water partition coefficient (Wildman–Crippen LogP) is 3.40. The molecule has 0 saturated heterocycles. The minimum absolute atomic E-state index is 0.0924. The zero-order valence-corrected chi connectivity index (χ0v) is 15.6. The molecule has 0 radical (unpaired) electrons. The molecule has 1 aromatic heterocycles. The Morgan fingerprint density at radius 1 is 1.21 bits per heavy atom. The Bertz CT molecular complexity index is 1000. The van der Waals surface area contributed by atoms with Crippen LogP contribution in [0.4, 0.5) is 4.39 Å². The number of ether oxygens (including phenoxy) is 2. The highest BCUT2D eigenvalue weighted by molar-refractivity contribution is 5.92. The molecule has 6 nitrogen and oxygen atoms in total. The molecule has 146 valence electrons. The van der Waals surface area contributed by atoms with E-state index in [0.717, 1.165) is 16.5 Å². The van der Waals surface area contributed by atoms with Crippen molar-refractivity contribution in [3.8, 4) is 17.2 Å². The number of amides is 1. The molecule has 3 rings (SSSR count). The van der Waals surface area contributed by atoms with E-state index in [1.54, 1.807) is 24.3 Å². The van der Waals surface area contributed by atoms with Crippen LogP contribution in [0.25, 0.3) is 17.0 Å². The Morgan fingerprint density at radius 3 is 2.61 bits per heavy atom. The predicted molar refractivity (Wildman–Crippen MR) is 105 cm³/mol. The number of methoxy groups -OCH3 is 2. The van der Waals surface area contributed by atoms with Crippen molar-refractivity contribution in [2.75, 3.05) is 20.8 Å². The second-order valence-electron chi connectivity index (χ2n) is 6.15. The second-order valence-corrected chi connectivity index (χ2v) is 6.15. The minimum Gasteiger partial charge on any atom is -0.502 e. The van der Waals surface area contributed by atoms with Crippen molar-refractivity contribution >= 4 is 22.9 Å². The van der Waals surface area contributed by atoms with Gasteiger partial charge in [0.15, 0.2) is 11.5 Å². The largest absolute Gasteiger partial charge is 0.502 e. The molecule has 3 aromatic rings. The summed E-state index contributed by atoms with van der Waals surface area (Å²) in [7, 11) is 2.88. The molecule has 1 heterocycles. The lowest BCUT2D eigenvalue weighted by atomic mass is 10.1. The van der Waals surface area contributed by atoms with E-state index in [1.165, 1.54) is 32.4 Å². The van der Waals surface area contributed by atoms with Crippen LogP contribution in [0.1, 0.15) is 11.1 Å². The summed E-state index contributed by atoms with van der Waals surface area (Å²) in [6.07, 6.45) is 5.44. The number of rotatable bonds is 7. The number of phenols is 1. The number of nitrogens with one attached hydrogen (secondary N) is 2. The number of hydrogen-bond donors (Lipinski definition) is 3. The molecule has 0 atom stereocenters. The molecule has 28 heavy (non-hydrogen) atoms. The first-order valence-electron chi connectivity index (χ1n) is 8.68. The number of benzene rings is 2. The molecule has 0 bridgehead atoms. The molecule has 2 aromatic carbocycles. The smallest absolute Gasteiger partial charge is 0.244 e. The van der Waals surface area contributed by atoms with E-state index in [4.69, 9.17) is 9.47 Å². The molecule has 1 amide bonds. The van der Waals surface area contributed by atoms with Gasteiger partial charge in [-0.25, -0.2) is 4.39 Å². The number of H-pyrrole nitrogens is 1. The summed E-state index contributed by atoms with van der Waals surface area (Å²) >= 11 is 0. The first-order chi connectivity index (χ1) is 13.5. The fourth-order valence-electron chi connectivity index (χ4n) is 2.93. The van der Waals surface area contributed by atoms with E-state index in [9.17, 15) is 14.3 Å². The van der Waals surface area contributed by atoms with Gasteiger partial charge in [-0.05, 0) is 54.0 Å². The van der Waals surface area contributed by atoms with Gasteiger partial charge in [0.2, 0.25) is 11.7 Å². The van der Waals surface area contributed by atoms with Gasteiger partial charge in [-0.1, -0.05) is 0 Å². The normalized spacial score (nSPS) is 11.1. The number of aromatic amines is 1. The van der Waals surface area contributed by atoms with Gasteiger partial charge < -0.3 is 24.9 Å². The molecule has 0 fully saturated rings. The van der Waals surface area contributed by atoms with E-state index >= 15 is 0 Å². The van der Waals surface area contributed by atoms with Gasteiger partial charge in [-0.3, -0.25) is 4.79 Å². The van der Waals surface area contributed by atoms with Crippen molar-refractivity contribution in [2.45, 2.75) is 6.42 Å². The molecule has 7 heteroatoms. The van der Waals surface area contributed by atoms with Gasteiger partial charge in [0.1, 0.15) is 5.82 Å². The highest BCUT2D eigenvalue weighted by Crippen LogP contribution is 2.37. The molecule has 0 saturated carbocycles. The fraction of sp³-hybridized carbons (Fsp3) is 0.190. The summed E-state index contributed by atoms with van der Waals surface area (Å²) in [5.74, 6) is -0.116. The highest BCUT2D eigenvalue weighted by Gasteiger charge is 2.10.